The van der Waals surface area contributed by atoms with E-state index >= 15 is 8.78 Å². The molecule has 0 aromatic heterocycles. The Kier molecular flexibility index (Phi) is 11.6. The van der Waals surface area contributed by atoms with Crippen molar-refractivity contribution in [2.24, 2.45) is 5.92 Å². The quantitative estimate of drug-likeness (QED) is 0.176. The molecule has 10 nitrogen and oxygen atoms in total. The summed E-state index contributed by atoms with van der Waals surface area (Å²) in [6.07, 6.45) is -2.93. The lowest BCUT2D eigenvalue weighted by atomic mass is 9.89. The van der Waals surface area contributed by atoms with Crippen LogP contribution >= 0.6 is 0 Å². The van der Waals surface area contributed by atoms with Crippen LogP contribution in [0.1, 0.15) is 72.9 Å². The highest BCUT2D eigenvalue weighted by molar-refractivity contribution is 5.79. The fourth-order valence-electron chi connectivity index (χ4n) is 3.46. The van der Waals surface area contributed by atoms with Gasteiger partial charge < -0.3 is 29.7 Å². The smallest absolute Gasteiger partial charge is 0.407 e. The molecule has 38 heavy (non-hydrogen) atoms. The molecule has 216 valence electrons. The predicted octanol–water partition coefficient (Wildman–Crippen LogP) is 3.45. The van der Waals surface area contributed by atoms with Crippen LogP contribution in [0, 0.1) is 5.92 Å². The highest BCUT2D eigenvalue weighted by Gasteiger charge is 2.54. The van der Waals surface area contributed by atoms with Gasteiger partial charge in [-0.05, 0) is 51.8 Å². The summed E-state index contributed by atoms with van der Waals surface area (Å²) < 4.78 is 46.9. The number of carbonyl (C=O) groups is 3. The number of hydrogen-bond acceptors (Lipinski definition) is 9. The van der Waals surface area contributed by atoms with Crippen molar-refractivity contribution in [1.29, 1.82) is 0 Å². The molecule has 1 rings (SSSR count). The molecule has 0 aliphatic rings. The van der Waals surface area contributed by atoms with Crippen LogP contribution in [0.4, 0.5) is 13.6 Å². The molecule has 12 heteroatoms. The molecule has 0 aliphatic heterocycles. The number of benzene rings is 1. The molecule has 0 radical (unpaired) electrons. The molecule has 0 heterocycles. The standard InChI is InChI=1S/C26H40F2N2O8/c1-9-11-19(31)37-18-13-10-12-17(14-18)20(30-26(35,15(2)3)22(33)36-8)25(27,28)21(32)16(4)29-23(34)38-24(5,6)7/h10,12-16,20-21,30,32,35H,9,11H2,1-8H3,(H,29,34)/t16?,20?,21?,26-/m0/s1. The third-order valence-electron chi connectivity index (χ3n) is 5.57. The van der Waals surface area contributed by atoms with Gasteiger partial charge in [0.15, 0.2) is 0 Å². The number of alkyl carbamates (subject to hydrolysis) is 1. The van der Waals surface area contributed by atoms with Crippen LogP contribution < -0.4 is 15.4 Å². The van der Waals surface area contributed by atoms with E-state index in [1.807, 2.05) is 0 Å². The number of amides is 1. The Morgan fingerprint density at radius 2 is 1.71 bits per heavy atom. The number of nitrogens with one attached hydrogen (secondary N) is 2. The van der Waals surface area contributed by atoms with E-state index in [1.54, 1.807) is 27.7 Å². The first-order valence-electron chi connectivity index (χ1n) is 12.3. The van der Waals surface area contributed by atoms with E-state index in [4.69, 9.17) is 9.47 Å². The number of esters is 2. The normalized spacial score (nSPS) is 16.1. The van der Waals surface area contributed by atoms with Gasteiger partial charge in [-0.3, -0.25) is 10.1 Å². The van der Waals surface area contributed by atoms with Crippen LogP contribution in [0.25, 0.3) is 0 Å². The average Bonchev–Trinajstić information content (AvgIpc) is 2.79. The summed E-state index contributed by atoms with van der Waals surface area (Å²) in [6.45, 7) is 10.5. The molecule has 1 aromatic carbocycles. The van der Waals surface area contributed by atoms with Gasteiger partial charge in [0.1, 0.15) is 23.5 Å². The first-order chi connectivity index (χ1) is 17.4. The van der Waals surface area contributed by atoms with Gasteiger partial charge in [-0.25, -0.2) is 18.4 Å². The number of halogens is 2. The average molecular weight is 547 g/mol. The van der Waals surface area contributed by atoms with Gasteiger partial charge >= 0.3 is 18.0 Å². The first-order valence-corrected chi connectivity index (χ1v) is 12.3. The van der Waals surface area contributed by atoms with Gasteiger partial charge in [0, 0.05) is 12.3 Å². The minimum Gasteiger partial charge on any atom is -0.466 e. The number of ether oxygens (including phenoxy) is 3. The molecule has 4 atom stereocenters. The van der Waals surface area contributed by atoms with Crippen LogP contribution in [-0.2, 0) is 19.1 Å². The number of hydrogen-bond donors (Lipinski definition) is 4. The summed E-state index contributed by atoms with van der Waals surface area (Å²) in [4.78, 5) is 36.5. The van der Waals surface area contributed by atoms with Crippen molar-refractivity contribution >= 4 is 18.0 Å². The second kappa shape index (κ2) is 13.3. The van der Waals surface area contributed by atoms with Crippen molar-refractivity contribution in [3.8, 4) is 5.75 Å². The molecule has 0 fully saturated rings. The van der Waals surface area contributed by atoms with Crippen LogP contribution in [-0.4, -0.2) is 64.7 Å². The Labute approximate surface area is 222 Å². The Morgan fingerprint density at radius 3 is 2.21 bits per heavy atom. The Balaban J connectivity index is 3.51. The van der Waals surface area contributed by atoms with Crippen molar-refractivity contribution in [3.05, 3.63) is 29.8 Å². The fourth-order valence-corrected chi connectivity index (χ4v) is 3.46. The van der Waals surface area contributed by atoms with Gasteiger partial charge in [-0.2, -0.15) is 0 Å². The maximum Gasteiger partial charge on any atom is 0.407 e. The summed E-state index contributed by atoms with van der Waals surface area (Å²) in [5, 5.41) is 26.2. The van der Waals surface area contributed by atoms with Crippen LogP contribution in [0.2, 0.25) is 0 Å². The van der Waals surface area contributed by atoms with Gasteiger partial charge in [-0.15, -0.1) is 0 Å². The van der Waals surface area contributed by atoms with Crippen LogP contribution in [0.3, 0.4) is 0 Å². The second-order valence-electron chi connectivity index (χ2n) is 10.3. The van der Waals surface area contributed by atoms with Crippen LogP contribution in [0.5, 0.6) is 5.75 Å². The van der Waals surface area contributed by atoms with Gasteiger partial charge in [0.2, 0.25) is 5.72 Å². The van der Waals surface area contributed by atoms with E-state index in [-0.39, 0.29) is 17.7 Å². The molecule has 1 aromatic rings. The molecule has 3 unspecified atom stereocenters. The summed E-state index contributed by atoms with van der Waals surface area (Å²) in [6, 6.07) is 1.37. The lowest BCUT2D eigenvalue weighted by molar-refractivity contribution is -0.188. The largest absolute Gasteiger partial charge is 0.466 e. The number of alkyl halides is 2. The summed E-state index contributed by atoms with van der Waals surface area (Å²) in [7, 11) is 0.986. The second-order valence-corrected chi connectivity index (χ2v) is 10.3. The highest BCUT2D eigenvalue weighted by Crippen LogP contribution is 2.39. The maximum absolute atomic E-state index is 16.0. The lowest BCUT2D eigenvalue weighted by Gasteiger charge is -2.40. The molecule has 0 aliphatic carbocycles. The maximum atomic E-state index is 16.0. The number of aliphatic hydroxyl groups is 2. The van der Waals surface area contributed by atoms with Crippen molar-refractivity contribution in [2.75, 3.05) is 7.11 Å². The van der Waals surface area contributed by atoms with Gasteiger partial charge in [0.05, 0.1) is 13.2 Å². The number of methoxy groups -OCH3 is 1. The van der Waals surface area contributed by atoms with Gasteiger partial charge in [-0.1, -0.05) is 32.9 Å². The van der Waals surface area contributed by atoms with E-state index in [2.05, 4.69) is 15.4 Å². The van der Waals surface area contributed by atoms with Crippen molar-refractivity contribution in [1.82, 2.24) is 10.6 Å². The Morgan fingerprint density at radius 1 is 1.11 bits per heavy atom. The molecule has 4 N–H and O–H groups in total. The van der Waals surface area contributed by atoms with Crippen molar-refractivity contribution < 1.29 is 47.6 Å². The molecule has 1 amide bonds. The van der Waals surface area contributed by atoms with Crippen LogP contribution in [0.15, 0.2) is 24.3 Å². The molecular formula is C26H40F2N2O8. The Bertz CT molecular complexity index is 967. The number of aliphatic hydroxyl groups excluding tert-OH is 1. The topological polar surface area (TPSA) is 143 Å². The molecular weight excluding hydrogens is 506 g/mol. The predicted molar refractivity (Wildman–Crippen MR) is 134 cm³/mol. The zero-order valence-electron chi connectivity index (χ0n) is 23.1. The third-order valence-corrected chi connectivity index (χ3v) is 5.57. The summed E-state index contributed by atoms with van der Waals surface area (Å²) in [5.41, 5.74) is -3.73. The summed E-state index contributed by atoms with van der Waals surface area (Å²) >= 11 is 0. The monoisotopic (exact) mass is 546 g/mol. The van der Waals surface area contributed by atoms with E-state index < -0.39 is 59.4 Å². The minimum atomic E-state index is -4.11. The van der Waals surface area contributed by atoms with E-state index in [0.29, 0.717) is 6.42 Å². The summed E-state index contributed by atoms with van der Waals surface area (Å²) in [5.74, 6) is -6.92. The zero-order chi connectivity index (χ0) is 29.5. The molecule has 0 spiro atoms. The SMILES string of the molecule is CCCC(=O)Oc1cccc(C(N[C@@](O)(C(=O)OC)C(C)C)C(F)(F)C(O)C(C)NC(=O)OC(C)(C)C)c1. The fraction of sp³-hybridized carbons (Fsp3) is 0.654. The number of carbonyl (C=O) groups excluding carboxylic acids is 3. The third kappa shape index (κ3) is 8.88. The lowest BCUT2D eigenvalue weighted by Crippen LogP contribution is -2.63. The van der Waals surface area contributed by atoms with Crippen molar-refractivity contribution in [3.63, 3.8) is 0 Å². The molecule has 0 saturated carbocycles. The minimum absolute atomic E-state index is 0.0517. The Hall–Kier alpha value is -2.83. The molecule has 0 bridgehead atoms. The number of rotatable bonds is 12. The van der Waals surface area contributed by atoms with E-state index in [0.717, 1.165) is 20.1 Å². The van der Waals surface area contributed by atoms with Gasteiger partial charge in [0.25, 0.3) is 5.92 Å². The first kappa shape index (κ1) is 33.2. The van der Waals surface area contributed by atoms with Crippen molar-refractivity contribution in [2.45, 2.75) is 96.7 Å². The van der Waals surface area contributed by atoms with E-state index in [9.17, 15) is 24.6 Å². The van der Waals surface area contributed by atoms with E-state index in [1.165, 1.54) is 32.0 Å². The zero-order valence-corrected chi connectivity index (χ0v) is 23.1. The molecule has 0 saturated heterocycles. The highest BCUT2D eigenvalue weighted by atomic mass is 19.3.